The second-order valence-electron chi connectivity index (χ2n) is 8.84. The number of rotatable bonds is 4. The van der Waals surface area contributed by atoms with Gasteiger partial charge < -0.3 is 25.6 Å². The molecule has 2 aromatic rings. The summed E-state index contributed by atoms with van der Waals surface area (Å²) in [5.74, 6) is 0.790. The number of ether oxygens (including phenoxy) is 1. The van der Waals surface area contributed by atoms with Crippen molar-refractivity contribution in [2.24, 2.45) is 0 Å². The lowest BCUT2D eigenvalue weighted by Gasteiger charge is -2.31. The lowest BCUT2D eigenvalue weighted by molar-refractivity contribution is 0.0492. The Hall–Kier alpha value is -2.70. The molecule has 1 heterocycles. The number of carbonyl (C=O) groups excluding carboxylic acids is 1. The molecule has 0 bridgehead atoms. The molecular weight excluding hydrogens is 368 g/mol. The van der Waals surface area contributed by atoms with Crippen LogP contribution in [0.1, 0.15) is 57.9 Å². The largest absolute Gasteiger partial charge is 0.444 e. The molecule has 4 N–H and O–H groups in total. The highest BCUT2D eigenvalue weighted by Crippen LogP contribution is 2.32. The number of benzene rings is 1. The normalized spacial score (nSPS) is 19.6. The smallest absolute Gasteiger partial charge is 0.407 e. The van der Waals surface area contributed by atoms with Crippen molar-refractivity contribution in [2.75, 3.05) is 11.1 Å². The molecule has 7 heteroatoms. The summed E-state index contributed by atoms with van der Waals surface area (Å²) in [5, 5.41) is 10.5. The number of nitrogens with two attached hydrogens (primary N) is 1. The van der Waals surface area contributed by atoms with Gasteiger partial charge in [-0.25, -0.2) is 4.79 Å². The van der Waals surface area contributed by atoms with Gasteiger partial charge in [0.1, 0.15) is 11.4 Å². The van der Waals surface area contributed by atoms with E-state index in [4.69, 9.17) is 15.0 Å². The average Bonchev–Trinajstić information content (AvgIpc) is 2.95. The minimum atomic E-state index is -0.476. The number of amides is 1. The molecule has 0 radical (unpaired) electrons. The Bertz CT molecular complexity index is 842. The molecule has 0 atom stereocenters. The fraction of sp³-hybridized carbons (Fsp3) is 0.545. The van der Waals surface area contributed by atoms with Crippen LogP contribution in [0.25, 0.3) is 11.1 Å². The molecule has 0 unspecified atom stereocenters. The zero-order valence-corrected chi connectivity index (χ0v) is 18.0. The molecular formula is C22H32N4O3. The number of hydrogen-bond donors (Lipinski definition) is 3. The summed E-state index contributed by atoms with van der Waals surface area (Å²) in [4.78, 5) is 11.9. The Balaban J connectivity index is 1.55. The Morgan fingerprint density at radius 3 is 2.38 bits per heavy atom. The summed E-state index contributed by atoms with van der Waals surface area (Å²) in [5.41, 5.74) is 10.3. The maximum Gasteiger partial charge on any atom is 0.407 e. The van der Waals surface area contributed by atoms with Gasteiger partial charge in [-0.1, -0.05) is 11.2 Å². The van der Waals surface area contributed by atoms with Crippen LogP contribution in [-0.4, -0.2) is 28.9 Å². The number of nitrogens with zero attached hydrogens (tertiary/aromatic N) is 1. The standard InChI is InChI=1S/C22H32N4O3/c1-13-20(14(2)29-26-13)15-6-11-19(18(23)12-15)24-16-7-9-17(10-8-16)25-21(27)28-22(3,4)5/h6,11-12,16-17,24H,7-10,23H2,1-5H3,(H,25,27). The minimum absolute atomic E-state index is 0.155. The summed E-state index contributed by atoms with van der Waals surface area (Å²) < 4.78 is 10.6. The molecule has 1 aromatic heterocycles. The van der Waals surface area contributed by atoms with E-state index in [0.717, 1.165) is 54.0 Å². The van der Waals surface area contributed by atoms with Crippen LogP contribution in [-0.2, 0) is 4.74 Å². The van der Waals surface area contributed by atoms with Crippen molar-refractivity contribution in [3.8, 4) is 11.1 Å². The third-order valence-electron chi connectivity index (χ3n) is 5.18. The van der Waals surface area contributed by atoms with E-state index in [-0.39, 0.29) is 12.1 Å². The van der Waals surface area contributed by atoms with Gasteiger partial charge in [-0.05, 0) is 78.0 Å². The van der Waals surface area contributed by atoms with Gasteiger partial charge in [0.25, 0.3) is 0 Å². The van der Waals surface area contributed by atoms with Crippen LogP contribution >= 0.6 is 0 Å². The van der Waals surface area contributed by atoms with E-state index < -0.39 is 5.60 Å². The molecule has 1 aromatic carbocycles. The second-order valence-corrected chi connectivity index (χ2v) is 8.84. The third-order valence-corrected chi connectivity index (χ3v) is 5.18. The topological polar surface area (TPSA) is 102 Å². The first kappa shape index (κ1) is 21.0. The molecule has 1 fully saturated rings. The van der Waals surface area contributed by atoms with Crippen molar-refractivity contribution in [1.29, 1.82) is 0 Å². The Kier molecular flexibility index (Phi) is 6.05. The van der Waals surface area contributed by atoms with Crippen molar-refractivity contribution >= 4 is 17.5 Å². The molecule has 1 amide bonds. The van der Waals surface area contributed by atoms with E-state index >= 15 is 0 Å². The number of hydrogen-bond acceptors (Lipinski definition) is 6. The van der Waals surface area contributed by atoms with Crippen molar-refractivity contribution in [1.82, 2.24) is 10.5 Å². The average molecular weight is 401 g/mol. The van der Waals surface area contributed by atoms with Gasteiger partial charge >= 0.3 is 6.09 Å². The molecule has 29 heavy (non-hydrogen) atoms. The van der Waals surface area contributed by atoms with Gasteiger partial charge in [-0.3, -0.25) is 0 Å². The van der Waals surface area contributed by atoms with Crippen LogP contribution in [0.2, 0.25) is 0 Å². The van der Waals surface area contributed by atoms with E-state index in [2.05, 4.69) is 15.8 Å². The zero-order valence-electron chi connectivity index (χ0n) is 18.0. The molecule has 1 aliphatic rings. The van der Waals surface area contributed by atoms with Crippen LogP contribution in [0.3, 0.4) is 0 Å². The Morgan fingerprint density at radius 1 is 1.17 bits per heavy atom. The summed E-state index contributed by atoms with van der Waals surface area (Å²) in [6.07, 6.45) is 3.41. The monoisotopic (exact) mass is 400 g/mol. The predicted octanol–water partition coefficient (Wildman–Crippen LogP) is 4.79. The first-order chi connectivity index (χ1) is 13.6. The fourth-order valence-electron chi connectivity index (χ4n) is 3.82. The third kappa shape index (κ3) is 5.43. The maximum atomic E-state index is 11.9. The number of alkyl carbamates (subject to hydrolysis) is 1. The highest BCUT2D eigenvalue weighted by molar-refractivity contribution is 5.77. The highest BCUT2D eigenvalue weighted by Gasteiger charge is 2.25. The quantitative estimate of drug-likeness (QED) is 0.638. The van der Waals surface area contributed by atoms with Gasteiger partial charge in [-0.15, -0.1) is 0 Å². The Labute approximate surface area is 172 Å². The molecule has 158 valence electrons. The van der Waals surface area contributed by atoms with Crippen LogP contribution in [0.5, 0.6) is 0 Å². The maximum absolute atomic E-state index is 11.9. The van der Waals surface area contributed by atoms with E-state index in [1.54, 1.807) is 0 Å². The zero-order chi connectivity index (χ0) is 21.2. The Morgan fingerprint density at radius 2 is 1.83 bits per heavy atom. The fourth-order valence-corrected chi connectivity index (χ4v) is 3.82. The molecule has 1 aliphatic carbocycles. The number of aromatic nitrogens is 1. The van der Waals surface area contributed by atoms with Gasteiger partial charge in [0, 0.05) is 17.6 Å². The number of aryl methyl sites for hydroxylation is 2. The van der Waals surface area contributed by atoms with Gasteiger partial charge in [-0.2, -0.15) is 0 Å². The van der Waals surface area contributed by atoms with E-state index in [1.807, 2.05) is 52.8 Å². The van der Waals surface area contributed by atoms with E-state index in [0.29, 0.717) is 11.7 Å². The van der Waals surface area contributed by atoms with Crippen molar-refractivity contribution in [3.63, 3.8) is 0 Å². The predicted molar refractivity (Wildman–Crippen MR) is 115 cm³/mol. The van der Waals surface area contributed by atoms with Crippen LogP contribution < -0.4 is 16.4 Å². The van der Waals surface area contributed by atoms with Crippen LogP contribution in [0.4, 0.5) is 16.2 Å². The number of nitrogens with one attached hydrogen (secondary N) is 2. The van der Waals surface area contributed by atoms with Crippen LogP contribution in [0.15, 0.2) is 22.7 Å². The first-order valence-corrected chi connectivity index (χ1v) is 10.2. The summed E-state index contributed by atoms with van der Waals surface area (Å²) in [6, 6.07) is 6.51. The molecule has 0 spiro atoms. The molecule has 0 saturated heterocycles. The summed E-state index contributed by atoms with van der Waals surface area (Å²) >= 11 is 0. The SMILES string of the molecule is Cc1noc(C)c1-c1ccc(NC2CCC(NC(=O)OC(C)(C)C)CC2)c(N)c1. The van der Waals surface area contributed by atoms with Gasteiger partial charge in [0.2, 0.25) is 0 Å². The van der Waals surface area contributed by atoms with Crippen molar-refractivity contribution in [2.45, 2.75) is 78.0 Å². The first-order valence-electron chi connectivity index (χ1n) is 10.2. The van der Waals surface area contributed by atoms with E-state index in [1.165, 1.54) is 0 Å². The summed E-state index contributed by atoms with van der Waals surface area (Å²) in [6.45, 7) is 9.44. The van der Waals surface area contributed by atoms with Gasteiger partial charge in [0.15, 0.2) is 0 Å². The lowest BCUT2D eigenvalue weighted by Crippen LogP contribution is -2.42. The van der Waals surface area contributed by atoms with Crippen LogP contribution in [0, 0.1) is 13.8 Å². The minimum Gasteiger partial charge on any atom is -0.444 e. The number of anilines is 2. The summed E-state index contributed by atoms with van der Waals surface area (Å²) in [7, 11) is 0. The molecule has 1 saturated carbocycles. The molecule has 7 nitrogen and oxygen atoms in total. The second kappa shape index (κ2) is 8.35. The van der Waals surface area contributed by atoms with Crippen molar-refractivity contribution < 1.29 is 14.1 Å². The van der Waals surface area contributed by atoms with Gasteiger partial charge in [0.05, 0.1) is 17.1 Å². The number of nitrogen functional groups attached to an aromatic ring is 1. The molecule has 0 aliphatic heterocycles. The molecule has 3 rings (SSSR count). The highest BCUT2D eigenvalue weighted by atomic mass is 16.6. The number of carbonyl (C=O) groups is 1. The van der Waals surface area contributed by atoms with Crippen molar-refractivity contribution in [3.05, 3.63) is 29.7 Å². The van der Waals surface area contributed by atoms with E-state index in [9.17, 15) is 4.79 Å². The lowest BCUT2D eigenvalue weighted by atomic mass is 9.91.